The maximum Gasteiger partial charge on any atom is 0.257 e. The lowest BCUT2D eigenvalue weighted by molar-refractivity contribution is 0.0971. The summed E-state index contributed by atoms with van der Waals surface area (Å²) in [6, 6.07) is 23.0. The lowest BCUT2D eigenvalue weighted by atomic mass is 10.1. The van der Waals surface area contributed by atoms with Gasteiger partial charge in [0, 0.05) is 42.5 Å². The highest BCUT2D eigenvalue weighted by Crippen LogP contribution is 2.22. The fourth-order valence-electron chi connectivity index (χ4n) is 3.91. The Morgan fingerprint density at radius 1 is 1.00 bits per heavy atom. The van der Waals surface area contributed by atoms with Gasteiger partial charge in [-0.1, -0.05) is 36.7 Å². The number of amides is 1. The van der Waals surface area contributed by atoms with Gasteiger partial charge in [0.05, 0.1) is 12.8 Å². The highest BCUT2D eigenvalue weighted by molar-refractivity contribution is 6.30. The Morgan fingerprint density at radius 2 is 1.74 bits per heavy atom. The second-order valence-electron chi connectivity index (χ2n) is 8.10. The number of benzene rings is 3. The number of hydrogen-bond donors (Lipinski definition) is 1. The third-order valence-corrected chi connectivity index (χ3v) is 6.12. The molecule has 0 saturated carbocycles. The Balaban J connectivity index is 1.54. The number of ether oxygens (including phenoxy) is 1. The molecule has 0 radical (unpaired) electrons. The first kappa shape index (κ1) is 23.6. The molecule has 1 fully saturated rings. The summed E-state index contributed by atoms with van der Waals surface area (Å²) in [5.74, 6) is 1.06. The van der Waals surface area contributed by atoms with Gasteiger partial charge in [0.25, 0.3) is 5.91 Å². The normalized spacial score (nSPS) is 14.1. The second-order valence-corrected chi connectivity index (χ2v) is 8.53. The molecule has 6 nitrogen and oxygen atoms in total. The van der Waals surface area contributed by atoms with Crippen molar-refractivity contribution >= 4 is 34.8 Å². The average Bonchev–Trinajstić information content (AvgIpc) is 2.88. The van der Waals surface area contributed by atoms with Crippen molar-refractivity contribution in [2.45, 2.75) is 13.3 Å². The first-order chi connectivity index (χ1) is 16.6. The first-order valence-electron chi connectivity index (χ1n) is 11.4. The average molecular weight is 477 g/mol. The molecule has 0 atom stereocenters. The van der Waals surface area contributed by atoms with Crippen molar-refractivity contribution in [2.24, 2.45) is 4.99 Å². The minimum absolute atomic E-state index is 0.203. The summed E-state index contributed by atoms with van der Waals surface area (Å²) < 4.78 is 5.20. The SMILES string of the molecule is CCc1cccc(N=C(NC(=O)c2ccc(OC)cc2)N2CCN(c3cccc(Cl)c3)CC2)c1. The van der Waals surface area contributed by atoms with E-state index in [-0.39, 0.29) is 5.91 Å². The van der Waals surface area contributed by atoms with Gasteiger partial charge in [-0.15, -0.1) is 0 Å². The first-order valence-corrected chi connectivity index (χ1v) is 11.8. The molecule has 0 aliphatic carbocycles. The zero-order valence-electron chi connectivity index (χ0n) is 19.5. The molecule has 1 aliphatic heterocycles. The topological polar surface area (TPSA) is 57.2 Å². The molecule has 3 aromatic carbocycles. The van der Waals surface area contributed by atoms with Crippen molar-refractivity contribution in [2.75, 3.05) is 38.2 Å². The number of guanidine groups is 1. The summed E-state index contributed by atoms with van der Waals surface area (Å²) >= 11 is 6.18. The highest BCUT2D eigenvalue weighted by atomic mass is 35.5. The molecule has 176 valence electrons. The van der Waals surface area contributed by atoms with Crippen LogP contribution in [0.15, 0.2) is 77.8 Å². The van der Waals surface area contributed by atoms with Gasteiger partial charge >= 0.3 is 0 Å². The van der Waals surface area contributed by atoms with E-state index in [2.05, 4.69) is 40.2 Å². The van der Waals surface area contributed by atoms with Crippen LogP contribution >= 0.6 is 11.6 Å². The van der Waals surface area contributed by atoms with E-state index in [4.69, 9.17) is 21.3 Å². The quantitative estimate of drug-likeness (QED) is 0.408. The Bertz CT molecular complexity index is 1160. The summed E-state index contributed by atoms with van der Waals surface area (Å²) in [5, 5.41) is 3.77. The van der Waals surface area contributed by atoms with E-state index in [1.54, 1.807) is 31.4 Å². The molecule has 1 N–H and O–H groups in total. The Labute approximate surface area is 205 Å². The molecule has 1 amide bonds. The van der Waals surface area contributed by atoms with Crippen molar-refractivity contribution in [1.82, 2.24) is 10.2 Å². The van der Waals surface area contributed by atoms with E-state index in [9.17, 15) is 4.79 Å². The number of nitrogens with one attached hydrogen (secondary N) is 1. The van der Waals surface area contributed by atoms with Crippen LogP contribution < -0.4 is 15.0 Å². The number of carbonyl (C=O) groups is 1. The number of anilines is 1. The summed E-state index contributed by atoms with van der Waals surface area (Å²) in [6.07, 6.45) is 0.926. The minimum atomic E-state index is -0.203. The van der Waals surface area contributed by atoms with Crippen LogP contribution in [-0.4, -0.2) is 50.1 Å². The Hall–Kier alpha value is -3.51. The van der Waals surface area contributed by atoms with E-state index in [1.807, 2.05) is 30.3 Å². The number of halogens is 1. The lowest BCUT2D eigenvalue weighted by Gasteiger charge is -2.37. The van der Waals surface area contributed by atoms with Crippen LogP contribution in [0.5, 0.6) is 5.75 Å². The number of carbonyl (C=O) groups excluding carboxylic acids is 1. The van der Waals surface area contributed by atoms with Gasteiger partial charge in [-0.2, -0.15) is 0 Å². The monoisotopic (exact) mass is 476 g/mol. The predicted octanol–water partition coefficient (Wildman–Crippen LogP) is 5.15. The third-order valence-electron chi connectivity index (χ3n) is 5.88. The molecule has 1 heterocycles. The van der Waals surface area contributed by atoms with Crippen LogP contribution in [0.25, 0.3) is 0 Å². The van der Waals surface area contributed by atoms with Crippen molar-refractivity contribution in [3.8, 4) is 5.75 Å². The molecule has 0 unspecified atom stereocenters. The van der Waals surface area contributed by atoms with Crippen LogP contribution in [-0.2, 0) is 6.42 Å². The van der Waals surface area contributed by atoms with Gasteiger partial charge in [0.1, 0.15) is 5.75 Å². The van der Waals surface area contributed by atoms with Gasteiger partial charge in [-0.25, -0.2) is 4.99 Å². The van der Waals surface area contributed by atoms with E-state index < -0.39 is 0 Å². The fourth-order valence-corrected chi connectivity index (χ4v) is 4.10. The van der Waals surface area contributed by atoms with Crippen LogP contribution in [0.1, 0.15) is 22.8 Å². The number of aryl methyl sites for hydroxylation is 1. The second kappa shape index (κ2) is 11.1. The molecule has 1 saturated heterocycles. The van der Waals surface area contributed by atoms with E-state index in [0.29, 0.717) is 17.3 Å². The molecule has 0 aromatic heterocycles. The van der Waals surface area contributed by atoms with Gasteiger partial charge in [-0.3, -0.25) is 10.1 Å². The number of aliphatic imine (C=N–C) groups is 1. The summed E-state index contributed by atoms with van der Waals surface area (Å²) in [5.41, 5.74) is 3.67. The molecule has 7 heteroatoms. The number of nitrogens with zero attached hydrogens (tertiary/aromatic N) is 3. The zero-order valence-corrected chi connectivity index (χ0v) is 20.3. The number of methoxy groups -OCH3 is 1. The summed E-state index contributed by atoms with van der Waals surface area (Å²) in [7, 11) is 1.60. The molecular formula is C27H29ClN4O2. The smallest absolute Gasteiger partial charge is 0.257 e. The third kappa shape index (κ3) is 5.88. The zero-order chi connectivity index (χ0) is 23.9. The maximum atomic E-state index is 13.0. The van der Waals surface area contributed by atoms with E-state index in [1.165, 1.54) is 5.56 Å². The van der Waals surface area contributed by atoms with Crippen molar-refractivity contribution < 1.29 is 9.53 Å². The predicted molar refractivity (Wildman–Crippen MR) is 139 cm³/mol. The largest absolute Gasteiger partial charge is 0.497 e. The molecule has 34 heavy (non-hydrogen) atoms. The van der Waals surface area contributed by atoms with Crippen LogP contribution in [0.2, 0.25) is 5.02 Å². The minimum Gasteiger partial charge on any atom is -0.497 e. The van der Waals surface area contributed by atoms with Gasteiger partial charge in [0.15, 0.2) is 0 Å². The molecule has 0 spiro atoms. The molecular weight excluding hydrogens is 448 g/mol. The van der Waals surface area contributed by atoms with Crippen molar-refractivity contribution in [3.63, 3.8) is 0 Å². The molecule has 1 aliphatic rings. The van der Waals surface area contributed by atoms with Gasteiger partial charge in [-0.05, 0) is 66.6 Å². The van der Waals surface area contributed by atoms with Crippen LogP contribution in [0.3, 0.4) is 0 Å². The molecule has 4 rings (SSSR count). The molecule has 3 aromatic rings. The molecule has 0 bridgehead atoms. The van der Waals surface area contributed by atoms with E-state index >= 15 is 0 Å². The Kier molecular flexibility index (Phi) is 7.70. The lowest BCUT2D eigenvalue weighted by Crippen LogP contribution is -2.53. The fraction of sp³-hybridized carbons (Fsp3) is 0.259. The van der Waals surface area contributed by atoms with Gasteiger partial charge in [0.2, 0.25) is 5.96 Å². The summed E-state index contributed by atoms with van der Waals surface area (Å²) in [6.45, 7) is 5.16. The maximum absolute atomic E-state index is 13.0. The number of hydrogen-bond acceptors (Lipinski definition) is 4. The van der Waals surface area contributed by atoms with Crippen LogP contribution in [0.4, 0.5) is 11.4 Å². The van der Waals surface area contributed by atoms with Crippen LogP contribution in [0, 0.1) is 0 Å². The summed E-state index contributed by atoms with van der Waals surface area (Å²) in [4.78, 5) is 22.3. The Morgan fingerprint density at radius 3 is 2.41 bits per heavy atom. The van der Waals surface area contributed by atoms with Crippen molar-refractivity contribution in [3.05, 3.63) is 88.9 Å². The highest BCUT2D eigenvalue weighted by Gasteiger charge is 2.22. The standard InChI is InChI=1S/C27H29ClN4O2/c1-3-20-6-4-8-23(18-20)29-27(30-26(33)21-10-12-25(34-2)13-11-21)32-16-14-31(15-17-32)24-9-5-7-22(28)19-24/h4-13,18-19H,3,14-17H2,1-2H3,(H,29,30,33). The van der Waals surface area contributed by atoms with Crippen molar-refractivity contribution in [1.29, 1.82) is 0 Å². The number of rotatable bonds is 5. The van der Waals surface area contributed by atoms with E-state index in [0.717, 1.165) is 49.0 Å². The van der Waals surface area contributed by atoms with Gasteiger partial charge < -0.3 is 14.5 Å². The number of piperazine rings is 1.